The van der Waals surface area contributed by atoms with Crippen molar-refractivity contribution in [2.24, 2.45) is 0 Å². The smallest absolute Gasteiger partial charge is 0.212 e. The fourth-order valence-corrected chi connectivity index (χ4v) is 3.25. The molecule has 0 unspecified atom stereocenters. The fourth-order valence-electron chi connectivity index (χ4n) is 1.78. The minimum absolute atomic E-state index is 0.113. The number of rotatable bonds is 4. The Morgan fingerprint density at radius 1 is 1.38 bits per heavy atom. The van der Waals surface area contributed by atoms with Crippen LogP contribution in [0.2, 0.25) is 0 Å². The van der Waals surface area contributed by atoms with Gasteiger partial charge in [0.05, 0.1) is 5.75 Å². The van der Waals surface area contributed by atoms with Crippen LogP contribution in [0.25, 0.3) is 0 Å². The van der Waals surface area contributed by atoms with Gasteiger partial charge in [-0.2, -0.15) is 0 Å². The zero-order chi connectivity index (χ0) is 11.8. The van der Waals surface area contributed by atoms with E-state index in [2.05, 4.69) is 0 Å². The molecule has 88 valence electrons. The van der Waals surface area contributed by atoms with Crippen LogP contribution in [0.4, 0.5) is 0 Å². The lowest BCUT2D eigenvalue weighted by Gasteiger charge is -2.16. The molecule has 4 heteroatoms. The molecule has 1 aromatic carbocycles. The first-order valence-electron chi connectivity index (χ1n) is 5.50. The Morgan fingerprint density at radius 3 is 2.62 bits per heavy atom. The van der Waals surface area contributed by atoms with Crippen LogP contribution in [0.3, 0.4) is 0 Å². The Labute approximate surface area is 97.1 Å². The third kappa shape index (κ3) is 2.62. The Morgan fingerprint density at radius 2 is 2.06 bits per heavy atom. The molecule has 1 fully saturated rings. The van der Waals surface area contributed by atoms with Crippen LogP contribution in [0, 0.1) is 6.92 Å². The maximum Gasteiger partial charge on any atom is 0.218 e. The molecule has 1 aliphatic carbocycles. The van der Waals surface area contributed by atoms with E-state index >= 15 is 0 Å². The van der Waals surface area contributed by atoms with Crippen molar-refractivity contribution < 1.29 is 8.42 Å². The Hall–Kier alpha value is -0.870. The van der Waals surface area contributed by atoms with Gasteiger partial charge >= 0.3 is 0 Å². The van der Waals surface area contributed by atoms with E-state index in [-0.39, 0.29) is 11.8 Å². The quantitative estimate of drug-likeness (QED) is 0.805. The van der Waals surface area contributed by atoms with Crippen molar-refractivity contribution in [3.63, 3.8) is 0 Å². The highest BCUT2D eigenvalue weighted by Crippen LogP contribution is 2.28. The second-order valence-corrected chi connectivity index (χ2v) is 6.52. The van der Waals surface area contributed by atoms with Crippen molar-refractivity contribution in [2.75, 3.05) is 7.05 Å². The van der Waals surface area contributed by atoms with E-state index in [0.29, 0.717) is 0 Å². The van der Waals surface area contributed by atoms with Gasteiger partial charge in [0.1, 0.15) is 0 Å². The molecular formula is C12H17NO2S. The monoisotopic (exact) mass is 239 g/mol. The first kappa shape index (κ1) is 11.6. The summed E-state index contributed by atoms with van der Waals surface area (Å²) >= 11 is 0. The predicted octanol–water partition coefficient (Wildman–Crippen LogP) is 1.92. The lowest BCUT2D eigenvalue weighted by molar-refractivity contribution is 0.463. The summed E-state index contributed by atoms with van der Waals surface area (Å²) in [6.45, 7) is 1.97. The second-order valence-electron chi connectivity index (χ2n) is 4.49. The maximum atomic E-state index is 12.0. The minimum Gasteiger partial charge on any atom is -0.212 e. The zero-order valence-electron chi connectivity index (χ0n) is 9.68. The standard InChI is InChI=1S/C12H17NO2S/c1-10-4-3-5-11(8-10)9-16(14,15)13(2)12-6-7-12/h3-5,8,12H,6-7,9H2,1-2H3. The van der Waals surface area contributed by atoms with Gasteiger partial charge < -0.3 is 0 Å². The summed E-state index contributed by atoms with van der Waals surface area (Å²) in [6, 6.07) is 7.91. The lowest BCUT2D eigenvalue weighted by Crippen LogP contribution is -2.30. The Bertz CT molecular complexity index is 478. The topological polar surface area (TPSA) is 37.4 Å². The predicted molar refractivity (Wildman–Crippen MR) is 64.6 cm³/mol. The molecule has 0 radical (unpaired) electrons. The molecule has 1 aliphatic rings. The summed E-state index contributed by atoms with van der Waals surface area (Å²) in [6.07, 6.45) is 2.01. The molecule has 0 bridgehead atoms. The van der Waals surface area contributed by atoms with Gasteiger partial charge in [-0.25, -0.2) is 12.7 Å². The fraction of sp³-hybridized carbons (Fsp3) is 0.500. The molecule has 1 saturated carbocycles. The summed E-state index contributed by atoms with van der Waals surface area (Å²) in [7, 11) is -1.45. The molecule has 0 spiro atoms. The van der Waals surface area contributed by atoms with Gasteiger partial charge in [-0.05, 0) is 25.3 Å². The SMILES string of the molecule is Cc1cccc(CS(=O)(=O)N(C)C2CC2)c1. The van der Waals surface area contributed by atoms with Crippen LogP contribution < -0.4 is 0 Å². The van der Waals surface area contributed by atoms with Crippen molar-refractivity contribution in [1.29, 1.82) is 0 Å². The largest absolute Gasteiger partial charge is 0.218 e. The lowest BCUT2D eigenvalue weighted by atomic mass is 10.2. The van der Waals surface area contributed by atoms with Crippen LogP contribution in [-0.4, -0.2) is 25.8 Å². The van der Waals surface area contributed by atoms with Crippen LogP contribution in [0.15, 0.2) is 24.3 Å². The number of hydrogen-bond acceptors (Lipinski definition) is 2. The molecule has 0 saturated heterocycles. The van der Waals surface area contributed by atoms with E-state index in [0.717, 1.165) is 24.0 Å². The highest BCUT2D eigenvalue weighted by Gasteiger charge is 2.33. The highest BCUT2D eigenvalue weighted by atomic mass is 32.2. The van der Waals surface area contributed by atoms with Crippen LogP contribution in [-0.2, 0) is 15.8 Å². The van der Waals surface area contributed by atoms with Gasteiger partial charge in [-0.1, -0.05) is 29.8 Å². The van der Waals surface area contributed by atoms with Gasteiger partial charge in [0.25, 0.3) is 0 Å². The third-order valence-electron chi connectivity index (χ3n) is 2.93. The van der Waals surface area contributed by atoms with Gasteiger partial charge in [-0.3, -0.25) is 0 Å². The number of nitrogens with zero attached hydrogens (tertiary/aromatic N) is 1. The van der Waals surface area contributed by atoms with Crippen molar-refractivity contribution in [3.05, 3.63) is 35.4 Å². The summed E-state index contributed by atoms with van der Waals surface area (Å²) in [5.41, 5.74) is 1.97. The molecule has 0 heterocycles. The normalized spacial score (nSPS) is 16.7. The number of benzene rings is 1. The van der Waals surface area contributed by atoms with Crippen molar-refractivity contribution in [1.82, 2.24) is 4.31 Å². The average molecular weight is 239 g/mol. The van der Waals surface area contributed by atoms with Crippen molar-refractivity contribution >= 4 is 10.0 Å². The summed E-state index contributed by atoms with van der Waals surface area (Å²) < 4.78 is 25.6. The van der Waals surface area contributed by atoms with Gasteiger partial charge in [0, 0.05) is 13.1 Å². The Kier molecular flexibility index (Phi) is 3.04. The summed E-state index contributed by atoms with van der Waals surface area (Å²) in [5, 5.41) is 0. The molecule has 0 aromatic heterocycles. The number of aryl methyl sites for hydroxylation is 1. The average Bonchev–Trinajstić information content (AvgIpc) is 2.98. The molecule has 0 amide bonds. The molecule has 0 aliphatic heterocycles. The van der Waals surface area contributed by atoms with Gasteiger partial charge in [-0.15, -0.1) is 0 Å². The number of hydrogen-bond donors (Lipinski definition) is 0. The summed E-state index contributed by atoms with van der Waals surface area (Å²) in [4.78, 5) is 0. The van der Waals surface area contributed by atoms with E-state index in [9.17, 15) is 8.42 Å². The molecule has 3 nitrogen and oxygen atoms in total. The summed E-state index contributed by atoms with van der Waals surface area (Å²) in [5.74, 6) is 0.113. The first-order chi connectivity index (χ1) is 7.49. The van der Waals surface area contributed by atoms with Crippen LogP contribution in [0.5, 0.6) is 0 Å². The third-order valence-corrected chi connectivity index (χ3v) is 4.81. The van der Waals surface area contributed by atoms with E-state index in [4.69, 9.17) is 0 Å². The van der Waals surface area contributed by atoms with Gasteiger partial charge in [0.15, 0.2) is 0 Å². The molecule has 16 heavy (non-hydrogen) atoms. The van der Waals surface area contributed by atoms with E-state index in [1.165, 1.54) is 4.31 Å². The highest BCUT2D eigenvalue weighted by molar-refractivity contribution is 7.88. The molecule has 2 rings (SSSR count). The molecular weight excluding hydrogens is 222 g/mol. The zero-order valence-corrected chi connectivity index (χ0v) is 10.5. The Balaban J connectivity index is 2.14. The van der Waals surface area contributed by atoms with E-state index < -0.39 is 10.0 Å². The van der Waals surface area contributed by atoms with Crippen molar-refractivity contribution in [3.8, 4) is 0 Å². The van der Waals surface area contributed by atoms with Gasteiger partial charge in [0.2, 0.25) is 10.0 Å². The second kappa shape index (κ2) is 4.18. The molecule has 0 N–H and O–H groups in total. The van der Waals surface area contributed by atoms with E-state index in [1.54, 1.807) is 7.05 Å². The van der Waals surface area contributed by atoms with Crippen LogP contribution >= 0.6 is 0 Å². The van der Waals surface area contributed by atoms with E-state index in [1.807, 2.05) is 31.2 Å². The maximum absolute atomic E-state index is 12.0. The van der Waals surface area contributed by atoms with Crippen LogP contribution in [0.1, 0.15) is 24.0 Å². The number of sulfonamides is 1. The first-order valence-corrected chi connectivity index (χ1v) is 7.11. The molecule has 1 aromatic rings. The molecule has 0 atom stereocenters. The minimum atomic E-state index is -3.13. The van der Waals surface area contributed by atoms with Crippen molar-refractivity contribution in [2.45, 2.75) is 31.6 Å².